The van der Waals surface area contributed by atoms with E-state index in [-0.39, 0.29) is 5.91 Å². The Morgan fingerprint density at radius 1 is 1.31 bits per heavy atom. The van der Waals surface area contributed by atoms with Gasteiger partial charge in [-0.15, -0.1) is 5.10 Å². The van der Waals surface area contributed by atoms with Crippen LogP contribution in [0.25, 0.3) is 11.0 Å². The van der Waals surface area contributed by atoms with Gasteiger partial charge in [-0.05, 0) is 44.0 Å². The minimum absolute atomic E-state index is 0.113. The molecule has 0 aliphatic carbocycles. The first-order valence-electron chi connectivity index (χ1n) is 8.59. The number of nitrogens with zero attached hydrogens (tertiary/aromatic N) is 5. The number of benzene rings is 1. The second-order valence-electron chi connectivity index (χ2n) is 6.45. The van der Waals surface area contributed by atoms with Crippen molar-refractivity contribution >= 4 is 16.9 Å². The molecule has 2 heterocycles. The lowest BCUT2D eigenvalue weighted by molar-refractivity contribution is -0.124. The Kier molecular flexibility index (Phi) is 5.32. The number of amides is 1. The van der Waals surface area contributed by atoms with Crippen molar-refractivity contribution in [1.82, 2.24) is 29.9 Å². The largest absolute Gasteiger partial charge is 0.383 e. The average Bonchev–Trinajstić information content (AvgIpc) is 3.23. The van der Waals surface area contributed by atoms with Crippen LogP contribution in [-0.4, -0.2) is 50.7 Å². The summed E-state index contributed by atoms with van der Waals surface area (Å²) in [7, 11) is 1.60. The smallest absolute Gasteiger partial charge is 0.244 e. The minimum atomic E-state index is -0.433. The van der Waals surface area contributed by atoms with E-state index in [2.05, 4.69) is 46.6 Å². The van der Waals surface area contributed by atoms with Crippen molar-refractivity contribution < 1.29 is 9.53 Å². The maximum Gasteiger partial charge on any atom is 0.244 e. The van der Waals surface area contributed by atoms with Gasteiger partial charge in [0.15, 0.2) is 0 Å². The fraction of sp³-hybridized carbons (Fsp3) is 0.444. The average molecular weight is 356 g/mol. The molecule has 1 aromatic carbocycles. The highest BCUT2D eigenvalue weighted by Crippen LogP contribution is 2.19. The van der Waals surface area contributed by atoms with E-state index in [0.717, 1.165) is 16.7 Å². The number of aromatic nitrogens is 5. The molecule has 2 aromatic heterocycles. The molecular weight excluding hydrogens is 332 g/mol. The molecule has 26 heavy (non-hydrogen) atoms. The van der Waals surface area contributed by atoms with Crippen LogP contribution in [0, 0.1) is 13.8 Å². The highest BCUT2D eigenvalue weighted by Gasteiger charge is 2.16. The minimum Gasteiger partial charge on any atom is -0.383 e. The van der Waals surface area contributed by atoms with Gasteiger partial charge in [0, 0.05) is 13.7 Å². The number of rotatable bonds is 7. The third-order valence-corrected chi connectivity index (χ3v) is 4.51. The van der Waals surface area contributed by atoms with Crippen molar-refractivity contribution in [2.75, 3.05) is 20.3 Å². The SMILES string of the molecule is COCCNC(=O)C(C)n1cc(Cn2cnc3cc(C)c(C)cc32)nn1. The third-order valence-electron chi connectivity index (χ3n) is 4.51. The molecule has 3 aromatic rings. The van der Waals surface area contributed by atoms with Crippen LogP contribution in [0.2, 0.25) is 0 Å². The van der Waals surface area contributed by atoms with Crippen LogP contribution in [0.4, 0.5) is 0 Å². The third kappa shape index (κ3) is 3.75. The highest BCUT2D eigenvalue weighted by atomic mass is 16.5. The molecule has 0 aliphatic rings. The predicted molar refractivity (Wildman–Crippen MR) is 97.9 cm³/mol. The van der Waals surface area contributed by atoms with Crippen LogP contribution < -0.4 is 5.32 Å². The summed E-state index contributed by atoms with van der Waals surface area (Å²) in [6.07, 6.45) is 3.61. The van der Waals surface area contributed by atoms with Crippen LogP contribution in [0.3, 0.4) is 0 Å². The molecule has 3 rings (SSSR count). The first-order chi connectivity index (χ1) is 12.5. The summed E-state index contributed by atoms with van der Waals surface area (Å²) >= 11 is 0. The number of ether oxygens (including phenoxy) is 1. The molecule has 0 fully saturated rings. The standard InChI is InChI=1S/C18H24N6O2/c1-12-7-16-17(8-13(12)2)23(11-20-16)9-15-10-24(22-21-15)14(3)18(25)19-5-6-26-4/h7-8,10-11,14H,5-6,9H2,1-4H3,(H,19,25). The summed E-state index contributed by atoms with van der Waals surface area (Å²) < 4.78 is 8.55. The van der Waals surface area contributed by atoms with Gasteiger partial charge in [-0.1, -0.05) is 5.21 Å². The molecule has 1 N–H and O–H groups in total. The Morgan fingerprint density at radius 2 is 2.08 bits per heavy atom. The Balaban J connectivity index is 1.72. The summed E-state index contributed by atoms with van der Waals surface area (Å²) in [6.45, 7) is 7.47. The van der Waals surface area contributed by atoms with Crippen LogP contribution in [0.1, 0.15) is 29.8 Å². The lowest BCUT2D eigenvalue weighted by atomic mass is 10.1. The van der Waals surface area contributed by atoms with E-state index in [1.807, 2.05) is 10.9 Å². The van der Waals surface area contributed by atoms with Crippen LogP contribution in [-0.2, 0) is 16.1 Å². The molecule has 0 saturated heterocycles. The fourth-order valence-electron chi connectivity index (χ4n) is 2.73. The number of nitrogens with one attached hydrogen (secondary N) is 1. The summed E-state index contributed by atoms with van der Waals surface area (Å²) in [6, 6.07) is 3.79. The Bertz CT molecular complexity index is 914. The van der Waals surface area contributed by atoms with E-state index in [9.17, 15) is 4.79 Å². The van der Waals surface area contributed by atoms with Gasteiger partial charge in [0.05, 0.1) is 36.7 Å². The molecule has 0 spiro atoms. The zero-order chi connectivity index (χ0) is 18.7. The molecule has 138 valence electrons. The maximum absolute atomic E-state index is 12.1. The normalized spacial score (nSPS) is 12.5. The molecule has 8 heteroatoms. The summed E-state index contributed by atoms with van der Waals surface area (Å²) in [5.74, 6) is -0.113. The van der Waals surface area contributed by atoms with E-state index in [0.29, 0.717) is 19.7 Å². The molecule has 0 radical (unpaired) electrons. The Labute approximate surface area is 152 Å². The van der Waals surface area contributed by atoms with Gasteiger partial charge in [0.1, 0.15) is 11.7 Å². The molecule has 0 aliphatic heterocycles. The number of aryl methyl sites for hydroxylation is 2. The number of fused-ring (bicyclic) bond motifs is 1. The number of carbonyl (C=O) groups is 1. The second-order valence-corrected chi connectivity index (χ2v) is 6.45. The van der Waals surface area contributed by atoms with Crippen molar-refractivity contribution in [2.24, 2.45) is 0 Å². The van der Waals surface area contributed by atoms with Crippen molar-refractivity contribution in [1.29, 1.82) is 0 Å². The number of imidazole rings is 1. The first kappa shape index (κ1) is 18.1. The second kappa shape index (κ2) is 7.65. The number of hydrogen-bond acceptors (Lipinski definition) is 5. The van der Waals surface area contributed by atoms with Crippen molar-refractivity contribution in [2.45, 2.75) is 33.4 Å². The number of methoxy groups -OCH3 is 1. The monoisotopic (exact) mass is 356 g/mol. The van der Waals surface area contributed by atoms with Gasteiger partial charge in [0.25, 0.3) is 0 Å². The molecule has 1 unspecified atom stereocenters. The first-order valence-corrected chi connectivity index (χ1v) is 8.59. The predicted octanol–water partition coefficient (Wildman–Crippen LogP) is 1.62. The summed E-state index contributed by atoms with van der Waals surface area (Å²) in [5.41, 5.74) is 5.25. The van der Waals surface area contributed by atoms with E-state index in [1.54, 1.807) is 24.9 Å². The van der Waals surface area contributed by atoms with Crippen LogP contribution in [0.5, 0.6) is 0 Å². The molecule has 1 amide bonds. The molecule has 0 bridgehead atoms. The zero-order valence-electron chi connectivity index (χ0n) is 15.6. The number of carbonyl (C=O) groups excluding carboxylic acids is 1. The fourth-order valence-corrected chi connectivity index (χ4v) is 2.73. The van der Waals surface area contributed by atoms with E-state index in [4.69, 9.17) is 4.74 Å². The van der Waals surface area contributed by atoms with E-state index >= 15 is 0 Å². The molecule has 8 nitrogen and oxygen atoms in total. The quantitative estimate of drug-likeness (QED) is 0.650. The van der Waals surface area contributed by atoms with Crippen LogP contribution in [0.15, 0.2) is 24.7 Å². The van der Waals surface area contributed by atoms with Gasteiger partial charge in [-0.2, -0.15) is 0 Å². The van der Waals surface area contributed by atoms with Crippen molar-refractivity contribution in [3.05, 3.63) is 41.5 Å². The molecular formula is C18H24N6O2. The molecule has 0 saturated carbocycles. The lowest BCUT2D eigenvalue weighted by Gasteiger charge is -2.11. The topological polar surface area (TPSA) is 86.9 Å². The van der Waals surface area contributed by atoms with Gasteiger partial charge in [-0.3, -0.25) is 4.79 Å². The summed E-state index contributed by atoms with van der Waals surface area (Å²) in [4.78, 5) is 16.6. The van der Waals surface area contributed by atoms with Gasteiger partial charge < -0.3 is 14.6 Å². The Hall–Kier alpha value is -2.74. The lowest BCUT2D eigenvalue weighted by Crippen LogP contribution is -2.33. The van der Waals surface area contributed by atoms with Gasteiger partial charge in [0.2, 0.25) is 5.91 Å². The molecule has 1 atom stereocenters. The Morgan fingerprint density at radius 3 is 2.85 bits per heavy atom. The van der Waals surface area contributed by atoms with Gasteiger partial charge >= 0.3 is 0 Å². The van der Waals surface area contributed by atoms with Gasteiger partial charge in [-0.25, -0.2) is 9.67 Å². The van der Waals surface area contributed by atoms with Crippen molar-refractivity contribution in [3.8, 4) is 0 Å². The van der Waals surface area contributed by atoms with E-state index < -0.39 is 6.04 Å². The van der Waals surface area contributed by atoms with Crippen LogP contribution >= 0.6 is 0 Å². The zero-order valence-corrected chi connectivity index (χ0v) is 15.6. The number of hydrogen-bond donors (Lipinski definition) is 1. The van der Waals surface area contributed by atoms with E-state index in [1.165, 1.54) is 11.1 Å². The van der Waals surface area contributed by atoms with Crippen molar-refractivity contribution in [3.63, 3.8) is 0 Å². The highest BCUT2D eigenvalue weighted by molar-refractivity contribution is 5.79. The maximum atomic E-state index is 12.1. The summed E-state index contributed by atoms with van der Waals surface area (Å²) in [5, 5.41) is 11.1.